The molecule has 2 rings (SSSR count). The molecule has 3 nitrogen and oxygen atoms in total. The number of benzene rings is 2. The number of hydrogen-bond acceptors (Lipinski definition) is 2. The fraction of sp³-hybridized carbons (Fsp3) is 0.188. The molecule has 0 unspecified atom stereocenters. The van der Waals surface area contributed by atoms with E-state index in [1.165, 1.54) is 0 Å². The van der Waals surface area contributed by atoms with Crippen molar-refractivity contribution in [3.63, 3.8) is 0 Å². The minimum absolute atomic E-state index is 0.0342. The predicted molar refractivity (Wildman–Crippen MR) is 87.8 cm³/mol. The number of nitrogens with one attached hydrogen (secondary N) is 1. The Morgan fingerprint density at radius 2 is 1.86 bits per heavy atom. The quantitative estimate of drug-likeness (QED) is 0.787. The maximum Gasteiger partial charge on any atom is 0.224 e. The average molecular weight is 369 g/mol. The third kappa shape index (κ3) is 5.40. The molecule has 2 aromatic carbocycles. The number of carbonyl (C=O) groups is 1. The second-order valence-electron chi connectivity index (χ2n) is 4.43. The number of carbonyl (C=O) groups excluding carboxylic acids is 1. The van der Waals surface area contributed by atoms with Crippen LogP contribution in [0, 0.1) is 0 Å². The summed E-state index contributed by atoms with van der Waals surface area (Å²) in [6, 6.07) is 14.9. The van der Waals surface area contributed by atoms with Crippen molar-refractivity contribution in [2.45, 2.75) is 6.42 Å². The van der Waals surface area contributed by atoms with Gasteiger partial charge in [0.05, 0.1) is 17.4 Å². The van der Waals surface area contributed by atoms with Crippen molar-refractivity contribution in [1.29, 1.82) is 0 Å². The van der Waals surface area contributed by atoms with Crippen LogP contribution in [0.25, 0.3) is 0 Å². The van der Waals surface area contributed by atoms with Crippen LogP contribution in [-0.4, -0.2) is 19.1 Å². The second kappa shape index (κ2) is 8.05. The Bertz CT molecular complexity index is 601. The van der Waals surface area contributed by atoms with Crippen molar-refractivity contribution in [2.75, 3.05) is 13.2 Å². The molecule has 0 atom stereocenters. The topological polar surface area (TPSA) is 38.3 Å². The van der Waals surface area contributed by atoms with Gasteiger partial charge < -0.3 is 10.1 Å². The largest absolute Gasteiger partial charge is 0.491 e. The molecule has 0 spiro atoms. The highest BCUT2D eigenvalue weighted by Gasteiger charge is 2.03. The first-order valence-electron chi connectivity index (χ1n) is 6.53. The van der Waals surface area contributed by atoms with Gasteiger partial charge in [0.15, 0.2) is 0 Å². The summed E-state index contributed by atoms with van der Waals surface area (Å²) in [6.45, 7) is 0.892. The average Bonchev–Trinajstić information content (AvgIpc) is 2.48. The first-order valence-corrected chi connectivity index (χ1v) is 7.71. The summed E-state index contributed by atoms with van der Waals surface area (Å²) in [5.41, 5.74) is 0.934. The molecule has 0 aliphatic rings. The number of ether oxygens (including phenoxy) is 1. The Kier molecular flexibility index (Phi) is 6.08. The van der Waals surface area contributed by atoms with E-state index in [1.807, 2.05) is 36.4 Å². The summed E-state index contributed by atoms with van der Waals surface area (Å²) in [5, 5.41) is 3.49. The molecule has 0 saturated heterocycles. The maximum absolute atomic E-state index is 11.8. The molecule has 0 aliphatic heterocycles. The Balaban J connectivity index is 1.70. The molecule has 0 radical (unpaired) electrons. The van der Waals surface area contributed by atoms with Crippen LogP contribution in [0.2, 0.25) is 5.02 Å². The molecule has 5 heteroatoms. The van der Waals surface area contributed by atoms with Gasteiger partial charge in [-0.05, 0) is 45.8 Å². The highest BCUT2D eigenvalue weighted by atomic mass is 79.9. The van der Waals surface area contributed by atoms with Gasteiger partial charge in [-0.15, -0.1) is 0 Å². The highest BCUT2D eigenvalue weighted by molar-refractivity contribution is 9.10. The van der Waals surface area contributed by atoms with Crippen molar-refractivity contribution in [1.82, 2.24) is 5.32 Å². The third-order valence-corrected chi connectivity index (χ3v) is 3.70. The van der Waals surface area contributed by atoms with E-state index in [2.05, 4.69) is 21.2 Å². The number of amides is 1. The van der Waals surface area contributed by atoms with Gasteiger partial charge in [0.2, 0.25) is 5.91 Å². The van der Waals surface area contributed by atoms with E-state index in [1.54, 1.807) is 12.1 Å². The number of para-hydroxylation sites is 1. The standard InChI is InChI=1S/C16H15BrClNO2/c17-14-3-1-2-4-15(14)21-10-9-19-16(20)11-12-5-7-13(18)8-6-12/h1-8H,9-11H2,(H,19,20). The van der Waals surface area contributed by atoms with E-state index in [9.17, 15) is 4.79 Å². The molecule has 0 bridgehead atoms. The zero-order chi connectivity index (χ0) is 15.1. The normalized spacial score (nSPS) is 10.2. The molecule has 1 N–H and O–H groups in total. The fourth-order valence-electron chi connectivity index (χ4n) is 1.76. The summed E-state index contributed by atoms with van der Waals surface area (Å²) >= 11 is 9.20. The van der Waals surface area contributed by atoms with Crippen molar-refractivity contribution in [2.24, 2.45) is 0 Å². The second-order valence-corrected chi connectivity index (χ2v) is 5.72. The van der Waals surface area contributed by atoms with Gasteiger partial charge in [0.1, 0.15) is 12.4 Å². The van der Waals surface area contributed by atoms with Gasteiger partial charge in [-0.2, -0.15) is 0 Å². The summed E-state index contributed by atoms with van der Waals surface area (Å²) in [7, 11) is 0. The number of halogens is 2. The molecule has 0 aromatic heterocycles. The van der Waals surface area contributed by atoms with Crippen molar-refractivity contribution < 1.29 is 9.53 Å². The Morgan fingerprint density at radius 3 is 2.57 bits per heavy atom. The lowest BCUT2D eigenvalue weighted by Crippen LogP contribution is -2.29. The fourth-order valence-corrected chi connectivity index (χ4v) is 2.29. The first-order chi connectivity index (χ1) is 10.1. The summed E-state index contributed by atoms with van der Waals surface area (Å²) < 4.78 is 6.47. The number of hydrogen-bond donors (Lipinski definition) is 1. The molecule has 0 saturated carbocycles. The Hall–Kier alpha value is -1.52. The van der Waals surface area contributed by atoms with Crippen molar-refractivity contribution in [3.8, 4) is 5.75 Å². The summed E-state index contributed by atoms with van der Waals surface area (Å²) in [6.07, 6.45) is 0.339. The van der Waals surface area contributed by atoms with Gasteiger partial charge in [-0.25, -0.2) is 0 Å². The lowest BCUT2D eigenvalue weighted by atomic mass is 10.1. The molecule has 0 aliphatic carbocycles. The van der Waals surface area contributed by atoms with E-state index in [0.717, 1.165) is 15.8 Å². The monoisotopic (exact) mass is 367 g/mol. The van der Waals surface area contributed by atoms with Gasteiger partial charge in [-0.1, -0.05) is 35.9 Å². The molecule has 110 valence electrons. The maximum atomic E-state index is 11.8. The smallest absolute Gasteiger partial charge is 0.224 e. The van der Waals surface area contributed by atoms with Gasteiger partial charge >= 0.3 is 0 Å². The van der Waals surface area contributed by atoms with Crippen LogP contribution in [0.1, 0.15) is 5.56 Å². The van der Waals surface area contributed by atoms with E-state index < -0.39 is 0 Å². The minimum atomic E-state index is -0.0342. The summed E-state index contributed by atoms with van der Waals surface area (Å²) in [5.74, 6) is 0.734. The zero-order valence-electron chi connectivity index (χ0n) is 11.3. The molecule has 1 amide bonds. The lowest BCUT2D eigenvalue weighted by Gasteiger charge is -2.09. The van der Waals surface area contributed by atoms with Gasteiger partial charge in [0.25, 0.3) is 0 Å². The molecule has 21 heavy (non-hydrogen) atoms. The molecule has 0 fully saturated rings. The molecular formula is C16H15BrClNO2. The third-order valence-electron chi connectivity index (χ3n) is 2.80. The van der Waals surface area contributed by atoms with Crippen LogP contribution in [-0.2, 0) is 11.2 Å². The SMILES string of the molecule is O=C(Cc1ccc(Cl)cc1)NCCOc1ccccc1Br. The van der Waals surface area contributed by atoms with Crippen LogP contribution in [0.4, 0.5) is 0 Å². The minimum Gasteiger partial charge on any atom is -0.491 e. The molecule has 0 heterocycles. The van der Waals surface area contributed by atoms with Crippen molar-refractivity contribution in [3.05, 3.63) is 63.6 Å². The highest BCUT2D eigenvalue weighted by Crippen LogP contribution is 2.23. The molecule has 2 aromatic rings. The number of rotatable bonds is 6. The molecular weight excluding hydrogens is 354 g/mol. The van der Waals surface area contributed by atoms with Crippen LogP contribution in [0.3, 0.4) is 0 Å². The van der Waals surface area contributed by atoms with Gasteiger partial charge in [-0.3, -0.25) is 4.79 Å². The van der Waals surface area contributed by atoms with Crippen LogP contribution in [0.5, 0.6) is 5.75 Å². The van der Waals surface area contributed by atoms with Gasteiger partial charge in [0, 0.05) is 5.02 Å². The Morgan fingerprint density at radius 1 is 1.14 bits per heavy atom. The van der Waals surface area contributed by atoms with E-state index in [-0.39, 0.29) is 5.91 Å². The van der Waals surface area contributed by atoms with E-state index in [4.69, 9.17) is 16.3 Å². The van der Waals surface area contributed by atoms with Crippen LogP contribution in [0.15, 0.2) is 53.0 Å². The lowest BCUT2D eigenvalue weighted by molar-refractivity contribution is -0.120. The van der Waals surface area contributed by atoms with Crippen LogP contribution < -0.4 is 10.1 Å². The first kappa shape index (κ1) is 15.9. The van der Waals surface area contributed by atoms with E-state index in [0.29, 0.717) is 24.6 Å². The zero-order valence-corrected chi connectivity index (χ0v) is 13.7. The Labute approximate surface area is 137 Å². The van der Waals surface area contributed by atoms with Crippen molar-refractivity contribution >= 4 is 33.4 Å². The van der Waals surface area contributed by atoms with Crippen LogP contribution >= 0.6 is 27.5 Å². The summed E-state index contributed by atoms with van der Waals surface area (Å²) in [4.78, 5) is 11.8. The van der Waals surface area contributed by atoms with E-state index >= 15 is 0 Å². The predicted octanol–water partition coefficient (Wildman–Crippen LogP) is 3.84.